The molecule has 1 fully saturated rings. The third-order valence-electron chi connectivity index (χ3n) is 6.46. The van der Waals surface area contributed by atoms with Crippen LogP contribution in [0.2, 0.25) is 0 Å². The Morgan fingerprint density at radius 3 is 2.71 bits per heavy atom. The van der Waals surface area contributed by atoms with E-state index in [1.54, 1.807) is 12.1 Å². The van der Waals surface area contributed by atoms with Crippen molar-refractivity contribution in [2.24, 2.45) is 0 Å². The van der Waals surface area contributed by atoms with Crippen molar-refractivity contribution in [3.05, 3.63) is 41.5 Å². The van der Waals surface area contributed by atoms with Gasteiger partial charge in [0.15, 0.2) is 0 Å². The lowest BCUT2D eigenvalue weighted by Crippen LogP contribution is -2.39. The summed E-state index contributed by atoms with van der Waals surface area (Å²) in [6, 6.07) is 4.52. The number of fused-ring (bicyclic) bond motifs is 2. The number of halogens is 1. The standard InChI is InChI=1S/C23H23FN4O3/c1-30-18-8-19(31-2)26-9-14(18)20-15(24)7-6-13-22(25)21-16(27-23(13)20)10-28(17(21)11-29)12-4-3-5-12/h6-9,11-12,17H,3-5,10H2,1-2H3,(H2,25,27). The molecule has 1 saturated carbocycles. The number of pyridine rings is 2. The lowest BCUT2D eigenvalue weighted by molar-refractivity contribution is -0.113. The van der Waals surface area contributed by atoms with Gasteiger partial charge in [0.05, 0.1) is 31.5 Å². The van der Waals surface area contributed by atoms with E-state index in [1.165, 1.54) is 26.5 Å². The first-order valence-corrected chi connectivity index (χ1v) is 10.3. The molecule has 0 amide bonds. The Labute approximate surface area is 179 Å². The molecule has 160 valence electrons. The molecule has 0 saturated heterocycles. The second-order valence-corrected chi connectivity index (χ2v) is 7.97. The maximum atomic E-state index is 15.1. The lowest BCUT2D eigenvalue weighted by atomic mass is 9.90. The smallest absolute Gasteiger partial charge is 0.216 e. The number of rotatable bonds is 5. The van der Waals surface area contributed by atoms with Crippen LogP contribution in [0.3, 0.4) is 0 Å². The highest BCUT2D eigenvalue weighted by Gasteiger charge is 2.40. The normalized spacial score (nSPS) is 18.6. The van der Waals surface area contributed by atoms with Crippen molar-refractivity contribution in [3.63, 3.8) is 0 Å². The summed E-state index contributed by atoms with van der Waals surface area (Å²) in [7, 11) is 3.01. The Morgan fingerprint density at radius 1 is 1.26 bits per heavy atom. The maximum Gasteiger partial charge on any atom is 0.216 e. The first-order valence-electron chi connectivity index (χ1n) is 10.3. The van der Waals surface area contributed by atoms with E-state index in [9.17, 15) is 4.79 Å². The molecule has 5 rings (SSSR count). The number of hydrogen-bond acceptors (Lipinski definition) is 7. The van der Waals surface area contributed by atoms with Gasteiger partial charge >= 0.3 is 0 Å². The van der Waals surface area contributed by atoms with Crippen LogP contribution in [0.5, 0.6) is 11.6 Å². The zero-order valence-electron chi connectivity index (χ0n) is 17.4. The number of methoxy groups -OCH3 is 2. The van der Waals surface area contributed by atoms with Crippen molar-refractivity contribution in [1.82, 2.24) is 14.9 Å². The molecule has 1 aliphatic carbocycles. The summed E-state index contributed by atoms with van der Waals surface area (Å²) in [6.45, 7) is 0.525. The highest BCUT2D eigenvalue weighted by atomic mass is 19.1. The molecule has 0 bridgehead atoms. The summed E-state index contributed by atoms with van der Waals surface area (Å²) >= 11 is 0. The summed E-state index contributed by atoms with van der Waals surface area (Å²) in [5, 5.41) is 0.607. The van der Waals surface area contributed by atoms with Gasteiger partial charge in [0.25, 0.3) is 0 Å². The predicted molar refractivity (Wildman–Crippen MR) is 114 cm³/mol. The van der Waals surface area contributed by atoms with Crippen molar-refractivity contribution in [2.75, 3.05) is 20.0 Å². The molecule has 1 aromatic carbocycles. The van der Waals surface area contributed by atoms with E-state index in [0.29, 0.717) is 46.4 Å². The van der Waals surface area contributed by atoms with Crippen LogP contribution in [0.4, 0.5) is 10.1 Å². The maximum absolute atomic E-state index is 15.1. The van der Waals surface area contributed by atoms with Crippen LogP contribution in [-0.2, 0) is 11.3 Å². The third kappa shape index (κ3) is 2.93. The lowest BCUT2D eigenvalue weighted by Gasteiger charge is -2.36. The van der Waals surface area contributed by atoms with Gasteiger partial charge < -0.3 is 20.0 Å². The minimum Gasteiger partial charge on any atom is -0.496 e. The summed E-state index contributed by atoms with van der Waals surface area (Å²) in [4.78, 5) is 23.2. The topological polar surface area (TPSA) is 90.6 Å². The summed E-state index contributed by atoms with van der Waals surface area (Å²) in [5.74, 6) is 0.325. The van der Waals surface area contributed by atoms with E-state index in [2.05, 4.69) is 9.88 Å². The number of carbonyl (C=O) groups excluding carboxylic acids is 1. The number of benzene rings is 1. The van der Waals surface area contributed by atoms with Gasteiger partial charge in [-0.2, -0.15) is 0 Å². The molecule has 3 heterocycles. The number of ether oxygens (including phenoxy) is 2. The van der Waals surface area contributed by atoms with Crippen molar-refractivity contribution >= 4 is 22.9 Å². The van der Waals surface area contributed by atoms with E-state index in [0.717, 1.165) is 36.8 Å². The van der Waals surface area contributed by atoms with Crippen molar-refractivity contribution in [2.45, 2.75) is 37.9 Å². The molecule has 1 aliphatic heterocycles. The molecule has 2 N–H and O–H groups in total. The summed E-state index contributed by atoms with van der Waals surface area (Å²) in [6.07, 6.45) is 5.73. The fourth-order valence-corrected chi connectivity index (χ4v) is 4.65. The molecular formula is C23H23FN4O3. The molecule has 0 radical (unpaired) electrons. The quantitative estimate of drug-likeness (QED) is 0.628. The van der Waals surface area contributed by atoms with Crippen LogP contribution < -0.4 is 15.2 Å². The largest absolute Gasteiger partial charge is 0.496 e. The van der Waals surface area contributed by atoms with E-state index in [4.69, 9.17) is 20.2 Å². The Kier molecular flexibility index (Phi) is 4.74. The summed E-state index contributed by atoms with van der Waals surface area (Å²) < 4.78 is 25.8. The molecule has 3 aromatic rings. The number of nitrogens with zero attached hydrogens (tertiary/aromatic N) is 3. The molecule has 2 aromatic heterocycles. The van der Waals surface area contributed by atoms with E-state index in [1.807, 2.05) is 0 Å². The minimum atomic E-state index is -0.453. The second-order valence-electron chi connectivity index (χ2n) is 7.97. The number of aldehydes is 1. The molecule has 31 heavy (non-hydrogen) atoms. The molecular weight excluding hydrogens is 399 g/mol. The van der Waals surface area contributed by atoms with Crippen LogP contribution in [0.25, 0.3) is 22.0 Å². The fraction of sp³-hybridized carbons (Fsp3) is 0.348. The van der Waals surface area contributed by atoms with Crippen molar-refractivity contribution < 1.29 is 18.7 Å². The van der Waals surface area contributed by atoms with Gasteiger partial charge in [-0.25, -0.2) is 9.37 Å². The van der Waals surface area contributed by atoms with Crippen LogP contribution in [0.15, 0.2) is 24.4 Å². The number of hydrogen-bond donors (Lipinski definition) is 1. The average Bonchev–Trinajstić information content (AvgIpc) is 3.10. The molecule has 1 atom stereocenters. The SMILES string of the molecule is COc1cc(OC)c(-c2c(F)ccc3c(N)c4c(nc23)CN(C2CCC2)C4C=O)cn1. The number of anilines is 1. The zero-order chi connectivity index (χ0) is 21.7. The van der Waals surface area contributed by atoms with Gasteiger partial charge in [-0.15, -0.1) is 0 Å². The summed E-state index contributed by atoms with van der Waals surface area (Å²) in [5.41, 5.74) is 9.65. The van der Waals surface area contributed by atoms with E-state index in [-0.39, 0.29) is 5.56 Å². The predicted octanol–water partition coefficient (Wildman–Crippen LogP) is 3.64. The number of carbonyl (C=O) groups is 1. The zero-order valence-corrected chi connectivity index (χ0v) is 17.4. The number of aromatic nitrogens is 2. The van der Waals surface area contributed by atoms with Gasteiger partial charge in [-0.3, -0.25) is 9.88 Å². The number of nitrogen functional groups attached to an aromatic ring is 1. The van der Waals surface area contributed by atoms with Gasteiger partial charge in [-0.1, -0.05) is 6.42 Å². The number of nitrogens with two attached hydrogens (primary N) is 1. The Hall–Kier alpha value is -3.26. The van der Waals surface area contributed by atoms with Crippen LogP contribution >= 0.6 is 0 Å². The molecule has 2 aliphatic rings. The van der Waals surface area contributed by atoms with Crippen LogP contribution in [0, 0.1) is 5.82 Å². The highest BCUT2D eigenvalue weighted by Crippen LogP contribution is 2.45. The van der Waals surface area contributed by atoms with Gasteiger partial charge in [-0.05, 0) is 25.0 Å². The van der Waals surface area contributed by atoms with E-state index < -0.39 is 11.9 Å². The molecule has 8 heteroatoms. The van der Waals surface area contributed by atoms with Crippen molar-refractivity contribution in [1.29, 1.82) is 0 Å². The minimum absolute atomic E-state index is 0.267. The second kappa shape index (κ2) is 7.46. The highest BCUT2D eigenvalue weighted by molar-refractivity contribution is 6.03. The Morgan fingerprint density at radius 2 is 2.06 bits per heavy atom. The Balaban J connectivity index is 1.74. The van der Waals surface area contributed by atoms with Crippen molar-refractivity contribution in [3.8, 4) is 22.8 Å². The third-order valence-corrected chi connectivity index (χ3v) is 6.46. The van der Waals surface area contributed by atoms with E-state index >= 15 is 4.39 Å². The first-order chi connectivity index (χ1) is 15.1. The van der Waals surface area contributed by atoms with Gasteiger partial charge in [0, 0.05) is 52.6 Å². The van der Waals surface area contributed by atoms with Crippen LogP contribution in [-0.4, -0.2) is 41.4 Å². The Bertz CT molecular complexity index is 1200. The molecule has 0 spiro atoms. The van der Waals surface area contributed by atoms with Gasteiger partial charge in [0.2, 0.25) is 5.88 Å². The first kappa shape index (κ1) is 19.7. The van der Waals surface area contributed by atoms with Gasteiger partial charge in [0.1, 0.15) is 17.9 Å². The average molecular weight is 422 g/mol. The molecule has 7 nitrogen and oxygen atoms in total. The van der Waals surface area contributed by atoms with Crippen LogP contribution in [0.1, 0.15) is 36.6 Å². The fourth-order valence-electron chi connectivity index (χ4n) is 4.65. The molecule has 1 unspecified atom stereocenters. The monoisotopic (exact) mass is 422 g/mol.